The topological polar surface area (TPSA) is 82.2 Å². The van der Waals surface area contributed by atoms with Crippen LogP contribution in [0.3, 0.4) is 0 Å². The Labute approximate surface area is 125 Å². The smallest absolute Gasteiger partial charge is 0.224 e. The largest absolute Gasteiger partial charge is 0.355 e. The minimum Gasteiger partial charge on any atom is -0.355 e. The molecule has 0 spiro atoms. The predicted octanol–water partition coefficient (Wildman–Crippen LogP) is 0.845. The van der Waals surface area contributed by atoms with Crippen LogP contribution in [0.5, 0.6) is 0 Å². The van der Waals surface area contributed by atoms with Crippen molar-refractivity contribution in [1.82, 2.24) is 10.2 Å². The quantitative estimate of drug-likeness (QED) is 0.840. The maximum absolute atomic E-state index is 12.0. The van der Waals surface area contributed by atoms with Gasteiger partial charge in [-0.25, -0.2) is 0 Å². The van der Waals surface area contributed by atoms with Gasteiger partial charge in [-0.05, 0) is 31.0 Å². The number of nitrogens with zero attached hydrogens (tertiary/aromatic N) is 2. The Kier molecular flexibility index (Phi) is 5.73. The lowest BCUT2D eigenvalue weighted by atomic mass is 9.96. The third kappa shape index (κ3) is 4.28. The van der Waals surface area contributed by atoms with Crippen LogP contribution in [0.4, 0.5) is 0 Å². The minimum absolute atomic E-state index is 0.0274. The molecule has 5 nitrogen and oxygen atoms in total. The standard InChI is InChI=1S/C16H22N4O/c17-7-8-19-16(21)15-6-3-9-20(12-15)11-14-5-2-1-4-13(14)10-18/h1-2,4-5,15H,3,6-9,11-12,17H2,(H,19,21). The number of amides is 1. The van der Waals surface area contributed by atoms with Crippen molar-refractivity contribution < 1.29 is 4.79 Å². The van der Waals surface area contributed by atoms with Gasteiger partial charge in [-0.3, -0.25) is 9.69 Å². The lowest BCUT2D eigenvalue weighted by Gasteiger charge is -2.32. The van der Waals surface area contributed by atoms with Crippen LogP contribution < -0.4 is 11.1 Å². The number of hydrogen-bond donors (Lipinski definition) is 2. The van der Waals surface area contributed by atoms with E-state index in [4.69, 9.17) is 11.0 Å². The van der Waals surface area contributed by atoms with Crippen molar-refractivity contribution in [3.8, 4) is 6.07 Å². The van der Waals surface area contributed by atoms with Crippen LogP contribution in [0, 0.1) is 17.2 Å². The number of nitrogens with one attached hydrogen (secondary N) is 1. The highest BCUT2D eigenvalue weighted by Crippen LogP contribution is 2.20. The normalized spacial score (nSPS) is 19.0. The summed E-state index contributed by atoms with van der Waals surface area (Å²) < 4.78 is 0. The van der Waals surface area contributed by atoms with Crippen molar-refractivity contribution in [1.29, 1.82) is 5.26 Å². The van der Waals surface area contributed by atoms with Gasteiger partial charge < -0.3 is 11.1 Å². The molecule has 1 saturated heterocycles. The SMILES string of the molecule is N#Cc1ccccc1CN1CCCC(C(=O)NCCN)C1. The first-order chi connectivity index (χ1) is 10.2. The van der Waals surface area contributed by atoms with Crippen molar-refractivity contribution in [2.75, 3.05) is 26.2 Å². The number of piperidine rings is 1. The number of likely N-dealkylation sites (tertiary alicyclic amines) is 1. The average molecular weight is 286 g/mol. The summed E-state index contributed by atoms with van der Waals surface area (Å²) in [7, 11) is 0. The molecule has 112 valence electrons. The van der Waals surface area contributed by atoms with E-state index in [0.717, 1.165) is 38.0 Å². The van der Waals surface area contributed by atoms with E-state index in [1.54, 1.807) is 0 Å². The van der Waals surface area contributed by atoms with Crippen LogP contribution in [-0.2, 0) is 11.3 Å². The molecule has 0 saturated carbocycles. The molecule has 1 aromatic carbocycles. The van der Waals surface area contributed by atoms with E-state index in [1.807, 2.05) is 24.3 Å². The Morgan fingerprint density at radius 2 is 2.29 bits per heavy atom. The Bertz CT molecular complexity index is 523. The second-order valence-corrected chi connectivity index (χ2v) is 5.42. The van der Waals surface area contributed by atoms with Crippen LogP contribution in [-0.4, -0.2) is 37.0 Å². The van der Waals surface area contributed by atoms with Gasteiger partial charge in [0.2, 0.25) is 5.91 Å². The Hall–Kier alpha value is -1.90. The minimum atomic E-state index is 0.0274. The van der Waals surface area contributed by atoms with Crippen molar-refractivity contribution in [2.24, 2.45) is 11.7 Å². The molecule has 0 radical (unpaired) electrons. The molecule has 0 aliphatic carbocycles. The summed E-state index contributed by atoms with van der Waals surface area (Å²) in [5, 5.41) is 12.0. The number of carbonyl (C=O) groups excluding carboxylic acids is 1. The number of nitriles is 1. The van der Waals surface area contributed by atoms with Crippen molar-refractivity contribution in [3.63, 3.8) is 0 Å². The lowest BCUT2D eigenvalue weighted by molar-refractivity contribution is -0.126. The summed E-state index contributed by atoms with van der Waals surface area (Å²) in [4.78, 5) is 14.3. The van der Waals surface area contributed by atoms with E-state index in [-0.39, 0.29) is 11.8 Å². The van der Waals surface area contributed by atoms with Crippen LogP contribution in [0.15, 0.2) is 24.3 Å². The molecule has 21 heavy (non-hydrogen) atoms. The first-order valence-electron chi connectivity index (χ1n) is 7.42. The zero-order chi connectivity index (χ0) is 15.1. The molecule has 3 N–H and O–H groups in total. The molecular formula is C16H22N4O. The molecule has 1 heterocycles. The monoisotopic (exact) mass is 286 g/mol. The van der Waals surface area contributed by atoms with Gasteiger partial charge in [0.05, 0.1) is 17.6 Å². The molecule has 1 amide bonds. The van der Waals surface area contributed by atoms with E-state index in [0.29, 0.717) is 18.7 Å². The van der Waals surface area contributed by atoms with Gasteiger partial charge in [0.25, 0.3) is 0 Å². The molecule has 2 rings (SSSR count). The molecule has 1 atom stereocenters. The Morgan fingerprint density at radius 3 is 3.05 bits per heavy atom. The van der Waals surface area contributed by atoms with Crippen molar-refractivity contribution >= 4 is 5.91 Å². The molecule has 1 aliphatic rings. The summed E-state index contributed by atoms with van der Waals surface area (Å²) in [5.41, 5.74) is 7.16. The van der Waals surface area contributed by atoms with Gasteiger partial charge in [0, 0.05) is 26.2 Å². The van der Waals surface area contributed by atoms with Crippen LogP contribution in [0.1, 0.15) is 24.0 Å². The third-order valence-corrected chi connectivity index (χ3v) is 3.85. The van der Waals surface area contributed by atoms with Crippen LogP contribution in [0.2, 0.25) is 0 Å². The van der Waals surface area contributed by atoms with E-state index < -0.39 is 0 Å². The van der Waals surface area contributed by atoms with Gasteiger partial charge in [-0.1, -0.05) is 18.2 Å². The van der Waals surface area contributed by atoms with E-state index in [1.165, 1.54) is 0 Å². The van der Waals surface area contributed by atoms with E-state index in [9.17, 15) is 4.79 Å². The van der Waals surface area contributed by atoms with Crippen molar-refractivity contribution in [3.05, 3.63) is 35.4 Å². The number of nitrogens with two attached hydrogens (primary N) is 1. The average Bonchev–Trinajstić information content (AvgIpc) is 2.53. The van der Waals surface area contributed by atoms with Gasteiger partial charge in [0.1, 0.15) is 0 Å². The molecular weight excluding hydrogens is 264 g/mol. The molecule has 5 heteroatoms. The van der Waals surface area contributed by atoms with Gasteiger partial charge in [-0.15, -0.1) is 0 Å². The van der Waals surface area contributed by atoms with Gasteiger partial charge in [-0.2, -0.15) is 5.26 Å². The van der Waals surface area contributed by atoms with Crippen LogP contribution in [0.25, 0.3) is 0 Å². The fourth-order valence-electron chi connectivity index (χ4n) is 2.76. The molecule has 0 aromatic heterocycles. The Balaban J connectivity index is 1.95. The third-order valence-electron chi connectivity index (χ3n) is 3.85. The van der Waals surface area contributed by atoms with Gasteiger partial charge in [0.15, 0.2) is 0 Å². The maximum atomic E-state index is 12.0. The van der Waals surface area contributed by atoms with E-state index in [2.05, 4.69) is 16.3 Å². The number of benzene rings is 1. The van der Waals surface area contributed by atoms with Gasteiger partial charge >= 0.3 is 0 Å². The van der Waals surface area contributed by atoms with Crippen LogP contribution >= 0.6 is 0 Å². The second kappa shape index (κ2) is 7.77. The summed E-state index contributed by atoms with van der Waals surface area (Å²) in [6, 6.07) is 9.87. The first-order valence-corrected chi connectivity index (χ1v) is 7.42. The number of hydrogen-bond acceptors (Lipinski definition) is 4. The molecule has 1 fully saturated rings. The molecule has 1 aliphatic heterocycles. The Morgan fingerprint density at radius 1 is 1.48 bits per heavy atom. The van der Waals surface area contributed by atoms with E-state index >= 15 is 0 Å². The highest BCUT2D eigenvalue weighted by molar-refractivity contribution is 5.78. The highest BCUT2D eigenvalue weighted by Gasteiger charge is 2.25. The summed E-state index contributed by atoms with van der Waals surface area (Å²) in [6.07, 6.45) is 1.93. The zero-order valence-electron chi connectivity index (χ0n) is 12.2. The number of rotatable bonds is 5. The molecule has 1 aromatic rings. The molecule has 1 unspecified atom stereocenters. The fourth-order valence-corrected chi connectivity index (χ4v) is 2.76. The highest BCUT2D eigenvalue weighted by atomic mass is 16.1. The fraction of sp³-hybridized carbons (Fsp3) is 0.500. The number of carbonyl (C=O) groups is 1. The second-order valence-electron chi connectivity index (χ2n) is 5.42. The summed E-state index contributed by atoms with van der Waals surface area (Å²) >= 11 is 0. The first kappa shape index (κ1) is 15.5. The zero-order valence-corrected chi connectivity index (χ0v) is 12.2. The summed E-state index contributed by atoms with van der Waals surface area (Å²) in [6.45, 7) is 3.45. The maximum Gasteiger partial charge on any atom is 0.224 e. The van der Waals surface area contributed by atoms with Crippen molar-refractivity contribution in [2.45, 2.75) is 19.4 Å². The predicted molar refractivity (Wildman–Crippen MR) is 81.2 cm³/mol. The summed E-state index contributed by atoms with van der Waals surface area (Å²) in [5.74, 6) is 0.123. The molecule has 0 bridgehead atoms. The lowest BCUT2D eigenvalue weighted by Crippen LogP contribution is -2.43.